The standard InChI is InChI=1S/C8H18Cl2NOP/c1-7(2)11(8(3)4)13(12,5-9)6-10/h7-8H,5-6H2,1-4H3. The van der Waals surface area contributed by atoms with E-state index in [4.69, 9.17) is 23.2 Å². The van der Waals surface area contributed by atoms with Crippen molar-refractivity contribution in [2.45, 2.75) is 39.8 Å². The first-order chi connectivity index (χ1) is 5.89. The molecule has 0 heterocycles. The Morgan fingerprint density at radius 1 is 1.08 bits per heavy atom. The molecule has 0 atom stereocenters. The van der Waals surface area contributed by atoms with Crippen LogP contribution in [0.3, 0.4) is 0 Å². The molecule has 0 saturated heterocycles. The van der Waals surface area contributed by atoms with Crippen molar-refractivity contribution < 1.29 is 4.57 Å². The van der Waals surface area contributed by atoms with Gasteiger partial charge in [-0.2, -0.15) is 0 Å². The molecule has 0 unspecified atom stereocenters. The normalized spacial score (nSPS) is 13.3. The minimum atomic E-state index is -2.54. The van der Waals surface area contributed by atoms with Gasteiger partial charge in [-0.05, 0) is 27.7 Å². The van der Waals surface area contributed by atoms with Crippen molar-refractivity contribution in [2.24, 2.45) is 0 Å². The van der Waals surface area contributed by atoms with Crippen molar-refractivity contribution in [2.75, 3.05) is 11.2 Å². The lowest BCUT2D eigenvalue weighted by Gasteiger charge is -2.35. The Kier molecular flexibility index (Phi) is 5.93. The summed E-state index contributed by atoms with van der Waals surface area (Å²) in [5, 5.41) is 0. The lowest BCUT2D eigenvalue weighted by atomic mass is 10.3. The number of rotatable bonds is 5. The van der Waals surface area contributed by atoms with Crippen LogP contribution >= 0.6 is 30.5 Å². The SMILES string of the molecule is CC(C)N(C(C)C)P(=O)(CCl)CCl. The molecule has 0 aliphatic heterocycles. The Balaban J connectivity index is 4.81. The molecule has 0 aromatic rings. The molecule has 5 heteroatoms. The van der Waals surface area contributed by atoms with Crippen molar-refractivity contribution in [3.05, 3.63) is 0 Å². The fraction of sp³-hybridized carbons (Fsp3) is 1.00. The van der Waals surface area contributed by atoms with E-state index in [1.807, 2.05) is 32.4 Å². The molecule has 0 rings (SSSR count). The van der Waals surface area contributed by atoms with Crippen LogP contribution in [0.25, 0.3) is 0 Å². The molecule has 0 spiro atoms. The number of hydrogen-bond acceptors (Lipinski definition) is 1. The molecule has 0 amide bonds. The molecule has 0 aromatic heterocycles. The van der Waals surface area contributed by atoms with E-state index in [-0.39, 0.29) is 23.3 Å². The van der Waals surface area contributed by atoms with Gasteiger partial charge in [-0.1, -0.05) is 0 Å². The highest BCUT2D eigenvalue weighted by molar-refractivity contribution is 7.64. The van der Waals surface area contributed by atoms with Crippen LogP contribution in [0.1, 0.15) is 27.7 Å². The first kappa shape index (κ1) is 13.8. The molecule has 2 nitrogen and oxygen atoms in total. The zero-order valence-corrected chi connectivity index (χ0v) is 11.0. The van der Waals surface area contributed by atoms with Crippen molar-refractivity contribution in [3.8, 4) is 0 Å². The summed E-state index contributed by atoms with van der Waals surface area (Å²) in [6.45, 7) is 8.02. The van der Waals surface area contributed by atoms with Crippen molar-refractivity contribution >= 4 is 30.5 Å². The second-order valence-corrected chi connectivity index (χ2v) is 7.72. The predicted molar refractivity (Wildman–Crippen MR) is 61.2 cm³/mol. The highest BCUT2D eigenvalue weighted by Crippen LogP contribution is 2.53. The van der Waals surface area contributed by atoms with Gasteiger partial charge in [0, 0.05) is 12.1 Å². The van der Waals surface area contributed by atoms with E-state index in [9.17, 15) is 4.57 Å². The van der Waals surface area contributed by atoms with Crippen LogP contribution < -0.4 is 0 Å². The first-order valence-corrected chi connectivity index (χ1v) is 7.47. The molecular weight excluding hydrogens is 228 g/mol. The molecule has 80 valence electrons. The van der Waals surface area contributed by atoms with Gasteiger partial charge in [-0.15, -0.1) is 23.2 Å². The van der Waals surface area contributed by atoms with Crippen LogP contribution in [0, 0.1) is 0 Å². The molecule has 0 N–H and O–H groups in total. The molecule has 0 aromatic carbocycles. The Hall–Kier alpha value is 0.770. The quantitative estimate of drug-likeness (QED) is 0.543. The van der Waals surface area contributed by atoms with Gasteiger partial charge in [0.15, 0.2) is 7.29 Å². The Bertz CT molecular complexity index is 181. The van der Waals surface area contributed by atoms with Gasteiger partial charge < -0.3 is 4.57 Å². The molecule has 13 heavy (non-hydrogen) atoms. The van der Waals surface area contributed by atoms with Crippen LogP contribution in [0.5, 0.6) is 0 Å². The van der Waals surface area contributed by atoms with Crippen LogP contribution in [0.15, 0.2) is 0 Å². The summed E-state index contributed by atoms with van der Waals surface area (Å²) < 4.78 is 14.1. The van der Waals surface area contributed by atoms with Crippen molar-refractivity contribution in [1.82, 2.24) is 4.67 Å². The zero-order chi connectivity index (χ0) is 10.6. The van der Waals surface area contributed by atoms with Gasteiger partial charge >= 0.3 is 0 Å². The van der Waals surface area contributed by atoms with Crippen molar-refractivity contribution in [1.29, 1.82) is 0 Å². The first-order valence-electron chi connectivity index (χ1n) is 4.38. The lowest BCUT2D eigenvalue weighted by molar-refractivity contribution is 0.302. The molecule has 0 saturated carbocycles. The van der Waals surface area contributed by atoms with Crippen LogP contribution in [-0.4, -0.2) is 28.0 Å². The minimum absolute atomic E-state index is 0.132. The summed E-state index contributed by atoms with van der Waals surface area (Å²) in [4.78, 5) is 0. The van der Waals surface area contributed by atoms with Gasteiger partial charge in [-0.3, -0.25) is 0 Å². The third kappa shape index (κ3) is 3.43. The second kappa shape index (κ2) is 5.60. The average molecular weight is 246 g/mol. The molecular formula is C8H18Cl2NOP. The van der Waals surface area contributed by atoms with Crippen LogP contribution in [0.4, 0.5) is 0 Å². The highest BCUT2D eigenvalue weighted by Gasteiger charge is 2.32. The fourth-order valence-electron chi connectivity index (χ4n) is 1.59. The second-order valence-electron chi connectivity index (χ2n) is 3.65. The van der Waals surface area contributed by atoms with E-state index in [2.05, 4.69) is 0 Å². The number of nitrogens with zero attached hydrogens (tertiary/aromatic N) is 1. The maximum Gasteiger partial charge on any atom is 0.179 e. The summed E-state index contributed by atoms with van der Waals surface area (Å²) in [6.07, 6.45) is 0. The smallest absolute Gasteiger partial charge is 0.179 e. The zero-order valence-electron chi connectivity index (χ0n) is 8.63. The van der Waals surface area contributed by atoms with E-state index in [1.54, 1.807) is 0 Å². The fourth-order valence-corrected chi connectivity index (χ4v) is 5.10. The molecule has 0 bridgehead atoms. The third-order valence-corrected chi connectivity index (χ3v) is 6.61. The molecule has 0 fully saturated rings. The van der Waals surface area contributed by atoms with Crippen molar-refractivity contribution in [3.63, 3.8) is 0 Å². The number of hydrogen-bond donors (Lipinski definition) is 0. The Morgan fingerprint density at radius 2 is 1.38 bits per heavy atom. The summed E-state index contributed by atoms with van der Waals surface area (Å²) in [6, 6.07) is 0.423. The summed E-state index contributed by atoms with van der Waals surface area (Å²) in [7, 11) is -2.54. The van der Waals surface area contributed by atoms with Crippen LogP contribution in [0.2, 0.25) is 0 Å². The number of halogens is 2. The number of alkyl halides is 2. The van der Waals surface area contributed by atoms with Gasteiger partial charge in [0.25, 0.3) is 0 Å². The summed E-state index contributed by atoms with van der Waals surface area (Å²) >= 11 is 11.4. The summed E-state index contributed by atoms with van der Waals surface area (Å²) in [5.74, 6) is 0. The van der Waals surface area contributed by atoms with Gasteiger partial charge in [0.2, 0.25) is 0 Å². The minimum Gasteiger partial charge on any atom is -0.304 e. The summed E-state index contributed by atoms with van der Waals surface area (Å²) in [5.41, 5.74) is 0.264. The maximum atomic E-state index is 12.2. The Morgan fingerprint density at radius 3 is 1.46 bits per heavy atom. The van der Waals surface area contributed by atoms with E-state index in [0.717, 1.165) is 0 Å². The topological polar surface area (TPSA) is 20.3 Å². The predicted octanol–water partition coefficient (Wildman–Crippen LogP) is 3.78. The van der Waals surface area contributed by atoms with E-state index < -0.39 is 7.29 Å². The highest BCUT2D eigenvalue weighted by atomic mass is 35.5. The van der Waals surface area contributed by atoms with E-state index >= 15 is 0 Å². The lowest BCUT2D eigenvalue weighted by Crippen LogP contribution is -2.34. The molecule has 0 aliphatic rings. The average Bonchev–Trinajstić information content (AvgIpc) is 2.02. The molecule has 0 radical (unpaired) electrons. The van der Waals surface area contributed by atoms with Crippen LogP contribution in [-0.2, 0) is 4.57 Å². The van der Waals surface area contributed by atoms with E-state index in [0.29, 0.717) is 0 Å². The maximum absolute atomic E-state index is 12.2. The molecule has 0 aliphatic carbocycles. The van der Waals surface area contributed by atoms with Gasteiger partial charge in [-0.25, -0.2) is 4.67 Å². The third-order valence-electron chi connectivity index (χ3n) is 1.85. The largest absolute Gasteiger partial charge is 0.304 e. The monoisotopic (exact) mass is 245 g/mol. The Labute approximate surface area is 91.0 Å². The van der Waals surface area contributed by atoms with E-state index in [1.165, 1.54) is 0 Å². The van der Waals surface area contributed by atoms with Gasteiger partial charge in [0.05, 0.1) is 11.2 Å². The van der Waals surface area contributed by atoms with Gasteiger partial charge in [0.1, 0.15) is 0 Å².